The van der Waals surface area contributed by atoms with E-state index in [-0.39, 0.29) is 16.3 Å². The average Bonchev–Trinajstić information content (AvgIpc) is 2.36. The second-order valence-electron chi connectivity index (χ2n) is 3.77. The monoisotopic (exact) mass is 337 g/mol. The Morgan fingerprint density at radius 3 is 2.21 bits per heavy atom. The number of halogens is 4. The number of carbonyl (C=O) groups excluding carboxylic acids is 2. The van der Waals surface area contributed by atoms with Gasteiger partial charge in [0.15, 0.2) is 5.78 Å². The van der Waals surface area contributed by atoms with Gasteiger partial charge >= 0.3 is 12.1 Å². The lowest BCUT2D eigenvalue weighted by Crippen LogP contribution is -2.29. The van der Waals surface area contributed by atoms with Gasteiger partial charge in [0.1, 0.15) is 0 Å². The minimum absolute atomic E-state index is 0.0125. The van der Waals surface area contributed by atoms with Crippen LogP contribution >= 0.6 is 15.9 Å². The topological polar surface area (TPSA) is 46.2 Å². The van der Waals surface area contributed by atoms with Gasteiger partial charge in [-0.05, 0) is 30.7 Å². The maximum absolute atomic E-state index is 12.0. The zero-order valence-corrected chi connectivity index (χ0v) is 11.5. The van der Waals surface area contributed by atoms with Gasteiger partial charge < -0.3 is 5.32 Å². The van der Waals surface area contributed by atoms with E-state index < -0.39 is 12.1 Å². The summed E-state index contributed by atoms with van der Waals surface area (Å²) in [7, 11) is 0. The molecule has 0 aliphatic heterocycles. The lowest BCUT2D eigenvalue weighted by Gasteiger charge is -2.09. The Kier molecular flexibility index (Phi) is 5.11. The van der Waals surface area contributed by atoms with Crippen molar-refractivity contribution in [2.75, 3.05) is 5.32 Å². The summed E-state index contributed by atoms with van der Waals surface area (Å²) >= 11 is 3.20. The molecule has 19 heavy (non-hydrogen) atoms. The first kappa shape index (κ1) is 15.7. The number of hydrogen-bond acceptors (Lipinski definition) is 2. The molecular formula is C12H11BrF3NO2. The van der Waals surface area contributed by atoms with Gasteiger partial charge in [-0.15, -0.1) is 0 Å². The number of Topliss-reactive ketones (excluding diaryl/α,β-unsaturated/α-hetero) is 1. The van der Waals surface area contributed by atoms with Crippen LogP contribution in [0.1, 0.15) is 23.7 Å². The highest BCUT2D eigenvalue weighted by Crippen LogP contribution is 2.20. The Bertz CT molecular complexity index is 471. The van der Waals surface area contributed by atoms with Crippen LogP contribution in [-0.4, -0.2) is 22.7 Å². The van der Waals surface area contributed by atoms with Crippen molar-refractivity contribution in [3.05, 3.63) is 29.8 Å². The molecule has 1 unspecified atom stereocenters. The number of anilines is 1. The number of carbonyl (C=O) groups is 2. The molecule has 3 nitrogen and oxygen atoms in total. The van der Waals surface area contributed by atoms with Crippen LogP contribution in [0.25, 0.3) is 0 Å². The van der Waals surface area contributed by atoms with Crippen molar-refractivity contribution in [1.29, 1.82) is 0 Å². The molecule has 0 radical (unpaired) electrons. The molecule has 7 heteroatoms. The summed E-state index contributed by atoms with van der Waals surface area (Å²) in [5.41, 5.74) is 0.357. The first-order valence-electron chi connectivity index (χ1n) is 5.42. The fourth-order valence-electron chi connectivity index (χ4n) is 1.29. The number of benzene rings is 1. The molecule has 1 N–H and O–H groups in total. The third-order valence-electron chi connectivity index (χ3n) is 2.33. The Labute approximate surface area is 116 Å². The van der Waals surface area contributed by atoms with E-state index in [2.05, 4.69) is 15.9 Å². The number of ketones is 1. The summed E-state index contributed by atoms with van der Waals surface area (Å²) in [6.45, 7) is 1.83. The van der Waals surface area contributed by atoms with E-state index in [0.717, 1.165) is 0 Å². The Hall–Kier alpha value is -1.37. The number of rotatable bonds is 4. The molecule has 0 aliphatic carbocycles. The molecule has 0 fully saturated rings. The number of alkyl halides is 4. The zero-order chi connectivity index (χ0) is 14.6. The predicted octanol–water partition coefficient (Wildman–Crippen LogP) is 3.54. The third kappa shape index (κ3) is 4.34. The third-order valence-corrected chi connectivity index (χ3v) is 3.39. The molecule has 0 spiro atoms. The Morgan fingerprint density at radius 1 is 1.26 bits per heavy atom. The van der Waals surface area contributed by atoms with Crippen molar-refractivity contribution in [2.24, 2.45) is 0 Å². The van der Waals surface area contributed by atoms with Crippen LogP contribution < -0.4 is 5.32 Å². The van der Waals surface area contributed by atoms with E-state index in [4.69, 9.17) is 0 Å². The van der Waals surface area contributed by atoms with E-state index >= 15 is 0 Å². The van der Waals surface area contributed by atoms with Gasteiger partial charge in [-0.1, -0.05) is 22.9 Å². The van der Waals surface area contributed by atoms with Gasteiger partial charge in [-0.25, -0.2) is 0 Å². The highest BCUT2D eigenvalue weighted by Gasteiger charge is 2.38. The summed E-state index contributed by atoms with van der Waals surface area (Å²) in [4.78, 5) is 22.1. The molecule has 0 saturated carbocycles. The predicted molar refractivity (Wildman–Crippen MR) is 68.5 cm³/mol. The molecule has 1 amide bonds. The minimum atomic E-state index is -4.93. The quantitative estimate of drug-likeness (QED) is 0.674. The molecule has 0 saturated heterocycles. The lowest BCUT2D eigenvalue weighted by molar-refractivity contribution is -0.167. The smallest absolute Gasteiger partial charge is 0.318 e. The molecule has 0 aliphatic rings. The van der Waals surface area contributed by atoms with E-state index in [9.17, 15) is 22.8 Å². The van der Waals surface area contributed by atoms with E-state index in [1.54, 1.807) is 5.32 Å². The van der Waals surface area contributed by atoms with Gasteiger partial charge in [0.25, 0.3) is 0 Å². The van der Waals surface area contributed by atoms with Crippen molar-refractivity contribution in [2.45, 2.75) is 24.3 Å². The number of nitrogens with one attached hydrogen (secondary N) is 1. The molecular weight excluding hydrogens is 327 g/mol. The van der Waals surface area contributed by atoms with Gasteiger partial charge in [0.05, 0.1) is 4.83 Å². The van der Waals surface area contributed by atoms with Gasteiger partial charge in [0.2, 0.25) is 0 Å². The van der Waals surface area contributed by atoms with E-state index in [1.807, 2.05) is 6.92 Å². The molecule has 0 aromatic heterocycles. The molecule has 1 atom stereocenters. The van der Waals surface area contributed by atoms with Crippen LogP contribution in [0.3, 0.4) is 0 Å². The van der Waals surface area contributed by atoms with Crippen LogP contribution in [0, 0.1) is 0 Å². The van der Waals surface area contributed by atoms with Crippen molar-refractivity contribution >= 4 is 33.3 Å². The standard InChI is InChI=1S/C12H11BrF3NO2/c1-2-9(13)10(18)7-3-5-8(6-4-7)17-11(19)12(14,15)16/h3-6,9H,2H2,1H3,(H,17,19). The summed E-state index contributed by atoms with van der Waals surface area (Å²) in [5, 5.41) is 1.70. The Balaban J connectivity index is 2.78. The second-order valence-corrected chi connectivity index (χ2v) is 4.87. The summed E-state index contributed by atoms with van der Waals surface area (Å²) < 4.78 is 36.1. The van der Waals surface area contributed by atoms with Crippen molar-refractivity contribution in [3.8, 4) is 0 Å². The van der Waals surface area contributed by atoms with Gasteiger partial charge in [-0.3, -0.25) is 9.59 Å². The summed E-state index contributed by atoms with van der Waals surface area (Å²) in [6.07, 6.45) is -4.33. The highest BCUT2D eigenvalue weighted by molar-refractivity contribution is 9.10. The number of amides is 1. The molecule has 104 valence electrons. The van der Waals surface area contributed by atoms with Gasteiger partial charge in [-0.2, -0.15) is 13.2 Å². The van der Waals surface area contributed by atoms with Gasteiger partial charge in [0, 0.05) is 11.3 Å². The summed E-state index contributed by atoms with van der Waals surface area (Å²) in [5.74, 6) is -2.20. The van der Waals surface area contributed by atoms with E-state index in [1.165, 1.54) is 24.3 Å². The molecule has 0 heterocycles. The normalized spacial score (nSPS) is 12.9. The fraction of sp³-hybridized carbons (Fsp3) is 0.333. The largest absolute Gasteiger partial charge is 0.471 e. The van der Waals surface area contributed by atoms with Crippen LogP contribution in [0.2, 0.25) is 0 Å². The van der Waals surface area contributed by atoms with Crippen LogP contribution in [0.15, 0.2) is 24.3 Å². The first-order chi connectivity index (χ1) is 8.75. The van der Waals surface area contributed by atoms with Crippen LogP contribution in [-0.2, 0) is 4.79 Å². The zero-order valence-electron chi connectivity index (χ0n) is 9.92. The maximum Gasteiger partial charge on any atom is 0.471 e. The summed E-state index contributed by atoms with van der Waals surface area (Å²) in [6, 6.07) is 5.26. The molecule has 0 bridgehead atoms. The molecule has 1 aromatic carbocycles. The van der Waals surface area contributed by atoms with Crippen molar-refractivity contribution < 1.29 is 22.8 Å². The Morgan fingerprint density at radius 2 is 1.79 bits per heavy atom. The fourth-order valence-corrected chi connectivity index (χ4v) is 1.55. The van der Waals surface area contributed by atoms with Crippen molar-refractivity contribution in [1.82, 2.24) is 0 Å². The van der Waals surface area contributed by atoms with Crippen molar-refractivity contribution in [3.63, 3.8) is 0 Å². The minimum Gasteiger partial charge on any atom is -0.318 e. The van der Waals surface area contributed by atoms with Crippen LogP contribution in [0.4, 0.5) is 18.9 Å². The SMILES string of the molecule is CCC(Br)C(=O)c1ccc(NC(=O)C(F)(F)F)cc1. The van der Waals surface area contributed by atoms with E-state index in [0.29, 0.717) is 12.0 Å². The highest BCUT2D eigenvalue weighted by atomic mass is 79.9. The van der Waals surface area contributed by atoms with Crippen LogP contribution in [0.5, 0.6) is 0 Å². The molecule has 1 aromatic rings. The average molecular weight is 338 g/mol. The first-order valence-corrected chi connectivity index (χ1v) is 6.33. The second kappa shape index (κ2) is 6.18. The lowest BCUT2D eigenvalue weighted by atomic mass is 10.1. The maximum atomic E-state index is 12.0. The molecule has 1 rings (SSSR count). The number of hydrogen-bond donors (Lipinski definition) is 1.